The fourth-order valence-electron chi connectivity index (χ4n) is 3.65. The monoisotopic (exact) mass is 465 g/mol. The number of nitrogens with zero attached hydrogens (tertiary/aromatic N) is 3. The van der Waals surface area contributed by atoms with E-state index in [1.807, 2.05) is 0 Å². The molecule has 0 N–H and O–H groups in total. The molecule has 1 aliphatic heterocycles. The number of sulfone groups is 1. The predicted molar refractivity (Wildman–Crippen MR) is 122 cm³/mol. The summed E-state index contributed by atoms with van der Waals surface area (Å²) in [6.45, 7) is 0.771. The highest BCUT2D eigenvalue weighted by Crippen LogP contribution is 2.30. The summed E-state index contributed by atoms with van der Waals surface area (Å²) >= 11 is 0. The van der Waals surface area contributed by atoms with Gasteiger partial charge in [0.15, 0.2) is 9.84 Å². The van der Waals surface area contributed by atoms with E-state index in [9.17, 15) is 18.0 Å². The zero-order chi connectivity index (χ0) is 23.6. The molecule has 1 aromatic heterocycles. The number of esters is 1. The van der Waals surface area contributed by atoms with Gasteiger partial charge in [-0.15, -0.1) is 0 Å². The van der Waals surface area contributed by atoms with E-state index in [4.69, 9.17) is 4.74 Å². The first-order chi connectivity index (χ1) is 15.7. The molecule has 2 heterocycles. The molecule has 170 valence electrons. The molecule has 8 nitrogen and oxygen atoms in total. The van der Waals surface area contributed by atoms with Gasteiger partial charge in [0.1, 0.15) is 6.61 Å². The minimum absolute atomic E-state index is 0.145. The van der Waals surface area contributed by atoms with Crippen LogP contribution in [0.2, 0.25) is 0 Å². The maximum atomic E-state index is 12.9. The van der Waals surface area contributed by atoms with Gasteiger partial charge in [0.05, 0.1) is 16.1 Å². The fourth-order valence-corrected chi connectivity index (χ4v) is 4.28. The van der Waals surface area contributed by atoms with Crippen LogP contribution in [0.1, 0.15) is 27.0 Å². The minimum Gasteiger partial charge on any atom is -0.457 e. The molecule has 0 spiro atoms. The van der Waals surface area contributed by atoms with Crippen LogP contribution < -0.4 is 4.90 Å². The summed E-state index contributed by atoms with van der Waals surface area (Å²) in [5, 5.41) is 0. The third-order valence-electron chi connectivity index (χ3n) is 5.44. The molecule has 0 saturated carbocycles. The quantitative estimate of drug-likeness (QED) is 0.518. The number of hydrogen-bond donors (Lipinski definition) is 0. The van der Waals surface area contributed by atoms with Gasteiger partial charge >= 0.3 is 12.0 Å². The summed E-state index contributed by atoms with van der Waals surface area (Å²) in [4.78, 5) is 32.8. The normalized spacial score (nSPS) is 13.6. The smallest absolute Gasteiger partial charge is 0.338 e. The molecule has 0 bridgehead atoms. The van der Waals surface area contributed by atoms with Crippen molar-refractivity contribution in [3.63, 3.8) is 0 Å². The lowest BCUT2D eigenvalue weighted by atomic mass is 10.0. The number of amides is 2. The molecule has 1 aliphatic rings. The number of fused-ring (bicyclic) bond motifs is 1. The van der Waals surface area contributed by atoms with Gasteiger partial charge in [-0.05, 0) is 59.2 Å². The molecule has 9 heteroatoms. The highest BCUT2D eigenvalue weighted by atomic mass is 32.2. The number of benzene rings is 2. The molecule has 2 amide bonds. The number of carbonyl (C=O) groups excluding carboxylic acids is 2. The summed E-state index contributed by atoms with van der Waals surface area (Å²) in [6.07, 6.45) is 4.43. The Morgan fingerprint density at radius 2 is 1.73 bits per heavy atom. The Balaban J connectivity index is 1.49. The van der Waals surface area contributed by atoms with Crippen molar-refractivity contribution in [1.29, 1.82) is 0 Å². The third-order valence-corrected chi connectivity index (χ3v) is 6.57. The lowest BCUT2D eigenvalue weighted by Gasteiger charge is -2.35. The SMILES string of the molecule is CN1C(=O)N(Cc2ccc(S(C)(=O)=O)cc2)Cc2cc(C(=O)OCc3ccncc3)ccc21. The Hall–Kier alpha value is -3.72. The molecule has 0 unspecified atom stereocenters. The number of aromatic nitrogens is 1. The maximum Gasteiger partial charge on any atom is 0.338 e. The average Bonchev–Trinajstić information content (AvgIpc) is 2.81. The summed E-state index contributed by atoms with van der Waals surface area (Å²) in [5.41, 5.74) is 3.61. The first-order valence-corrected chi connectivity index (χ1v) is 12.1. The number of hydrogen-bond acceptors (Lipinski definition) is 6. The van der Waals surface area contributed by atoms with Crippen molar-refractivity contribution in [1.82, 2.24) is 9.88 Å². The summed E-state index contributed by atoms with van der Waals surface area (Å²) in [5.74, 6) is -0.447. The summed E-state index contributed by atoms with van der Waals surface area (Å²) in [6, 6.07) is 15.0. The van der Waals surface area contributed by atoms with E-state index in [0.29, 0.717) is 18.7 Å². The highest BCUT2D eigenvalue weighted by molar-refractivity contribution is 7.90. The Kier molecular flexibility index (Phi) is 6.15. The second kappa shape index (κ2) is 9.03. The largest absolute Gasteiger partial charge is 0.457 e. The lowest BCUT2D eigenvalue weighted by molar-refractivity contribution is 0.0472. The van der Waals surface area contributed by atoms with Crippen LogP contribution in [0.3, 0.4) is 0 Å². The Morgan fingerprint density at radius 1 is 1.03 bits per heavy atom. The van der Waals surface area contributed by atoms with E-state index in [2.05, 4.69) is 4.98 Å². The zero-order valence-corrected chi connectivity index (χ0v) is 19.1. The molecular weight excluding hydrogens is 442 g/mol. The third kappa shape index (κ3) is 5.04. The Labute approximate surface area is 192 Å². The Bertz CT molecular complexity index is 1290. The fraction of sp³-hybridized carbons (Fsp3) is 0.208. The number of urea groups is 1. The Morgan fingerprint density at radius 3 is 2.39 bits per heavy atom. The highest BCUT2D eigenvalue weighted by Gasteiger charge is 2.28. The van der Waals surface area contributed by atoms with Crippen LogP contribution in [-0.4, -0.2) is 43.6 Å². The molecule has 0 fully saturated rings. The average molecular weight is 466 g/mol. The van der Waals surface area contributed by atoms with E-state index >= 15 is 0 Å². The number of ether oxygens (including phenoxy) is 1. The molecule has 0 atom stereocenters. The standard InChI is InChI=1S/C24H23N3O5S/c1-26-22-8-5-19(23(28)32-16-18-9-11-25-12-10-18)13-20(22)15-27(24(26)29)14-17-3-6-21(7-4-17)33(2,30)31/h3-13H,14-16H2,1-2H3. The molecular formula is C24H23N3O5S. The predicted octanol–water partition coefficient (Wildman–Crippen LogP) is 3.41. The van der Waals surface area contributed by atoms with Crippen LogP contribution in [0.25, 0.3) is 0 Å². The van der Waals surface area contributed by atoms with Crippen LogP contribution in [0.5, 0.6) is 0 Å². The van der Waals surface area contributed by atoms with Gasteiger partial charge in [0, 0.05) is 38.8 Å². The summed E-state index contributed by atoms with van der Waals surface area (Å²) < 4.78 is 28.7. The number of rotatable bonds is 6. The first kappa shape index (κ1) is 22.5. The number of carbonyl (C=O) groups is 2. The molecule has 0 aliphatic carbocycles. The van der Waals surface area contributed by atoms with Crippen LogP contribution in [0.4, 0.5) is 10.5 Å². The van der Waals surface area contributed by atoms with Crippen LogP contribution in [0, 0.1) is 0 Å². The van der Waals surface area contributed by atoms with Gasteiger partial charge in [-0.1, -0.05) is 12.1 Å². The topological polar surface area (TPSA) is 96.9 Å². The molecule has 33 heavy (non-hydrogen) atoms. The van der Waals surface area contributed by atoms with Crippen LogP contribution >= 0.6 is 0 Å². The van der Waals surface area contributed by atoms with Gasteiger partial charge in [-0.2, -0.15) is 0 Å². The second-order valence-electron chi connectivity index (χ2n) is 7.89. The minimum atomic E-state index is -3.28. The van der Waals surface area contributed by atoms with Crippen molar-refractivity contribution >= 4 is 27.5 Å². The van der Waals surface area contributed by atoms with Crippen molar-refractivity contribution in [3.8, 4) is 0 Å². The molecule has 0 saturated heterocycles. The van der Waals surface area contributed by atoms with Gasteiger partial charge < -0.3 is 9.64 Å². The van der Waals surface area contributed by atoms with Crippen molar-refractivity contribution in [2.24, 2.45) is 0 Å². The van der Waals surface area contributed by atoms with E-state index in [1.165, 1.54) is 17.0 Å². The second-order valence-corrected chi connectivity index (χ2v) is 9.90. The van der Waals surface area contributed by atoms with Gasteiger partial charge in [-0.3, -0.25) is 9.88 Å². The van der Waals surface area contributed by atoms with Gasteiger partial charge in [-0.25, -0.2) is 18.0 Å². The van der Waals surface area contributed by atoms with Crippen LogP contribution in [0.15, 0.2) is 71.9 Å². The van der Waals surface area contributed by atoms with Gasteiger partial charge in [0.25, 0.3) is 0 Å². The molecule has 4 rings (SSSR count). The first-order valence-electron chi connectivity index (χ1n) is 10.2. The van der Waals surface area contributed by atoms with E-state index in [1.54, 1.807) is 66.8 Å². The molecule has 2 aromatic carbocycles. The van der Waals surface area contributed by atoms with E-state index in [0.717, 1.165) is 28.6 Å². The van der Waals surface area contributed by atoms with Gasteiger partial charge in [0.2, 0.25) is 0 Å². The van der Waals surface area contributed by atoms with E-state index in [-0.39, 0.29) is 17.5 Å². The maximum absolute atomic E-state index is 12.9. The van der Waals surface area contributed by atoms with Crippen LogP contribution in [-0.2, 0) is 34.3 Å². The number of anilines is 1. The zero-order valence-electron chi connectivity index (χ0n) is 18.3. The number of pyridine rings is 1. The molecule has 0 radical (unpaired) electrons. The van der Waals surface area contributed by atoms with Crippen molar-refractivity contribution in [3.05, 3.63) is 89.2 Å². The van der Waals surface area contributed by atoms with Crippen molar-refractivity contribution < 1.29 is 22.7 Å². The summed E-state index contributed by atoms with van der Waals surface area (Å²) in [7, 11) is -1.60. The van der Waals surface area contributed by atoms with Crippen molar-refractivity contribution in [2.45, 2.75) is 24.6 Å². The lowest BCUT2D eigenvalue weighted by Crippen LogP contribution is -2.44. The van der Waals surface area contributed by atoms with Crippen molar-refractivity contribution in [2.75, 3.05) is 18.2 Å². The van der Waals surface area contributed by atoms with E-state index < -0.39 is 15.8 Å². The molecule has 3 aromatic rings.